The van der Waals surface area contributed by atoms with E-state index in [4.69, 9.17) is 0 Å². The normalized spacial score (nSPS) is 25.7. The van der Waals surface area contributed by atoms with Crippen LogP contribution in [0.15, 0.2) is 5.16 Å². The van der Waals surface area contributed by atoms with Crippen molar-refractivity contribution >= 4 is 21.6 Å². The van der Waals surface area contributed by atoms with Crippen LogP contribution in [0.4, 0.5) is 0 Å². The van der Waals surface area contributed by atoms with Gasteiger partial charge in [-0.05, 0) is 6.42 Å². The van der Waals surface area contributed by atoms with Crippen LogP contribution in [0, 0.1) is 0 Å². The van der Waals surface area contributed by atoms with Crippen molar-refractivity contribution in [3.05, 3.63) is 5.82 Å². The zero-order valence-corrected chi connectivity index (χ0v) is 14.0. The largest absolute Gasteiger partial charge is 0.334 e. The first-order valence-corrected chi connectivity index (χ1v) is 10.4. The summed E-state index contributed by atoms with van der Waals surface area (Å²) in [5.41, 5.74) is 0. The molecule has 1 N–H and O–H groups in total. The van der Waals surface area contributed by atoms with Crippen molar-refractivity contribution < 1.29 is 13.3 Å². The topological polar surface area (TPSA) is 69.3 Å². The number of rotatable bonds is 5. The van der Waals surface area contributed by atoms with Gasteiger partial charge in [0.15, 0.2) is 15.0 Å². The van der Waals surface area contributed by atoms with Crippen molar-refractivity contribution in [2.75, 3.05) is 36.9 Å². The molecule has 2 saturated heterocycles. The molecule has 0 unspecified atom stereocenters. The van der Waals surface area contributed by atoms with Crippen LogP contribution in [0.5, 0.6) is 0 Å². The number of nitrogens with zero attached hydrogens (tertiary/aromatic N) is 3. The molecule has 0 aromatic carbocycles. The monoisotopic (exact) mass is 331 g/mol. The van der Waals surface area contributed by atoms with E-state index in [1.807, 2.05) is 11.6 Å². The Morgan fingerprint density at radius 2 is 2.10 bits per heavy atom. The van der Waals surface area contributed by atoms with Crippen LogP contribution < -0.4 is 4.90 Å². The molecule has 0 aliphatic carbocycles. The molecule has 2 aliphatic rings. The van der Waals surface area contributed by atoms with E-state index >= 15 is 0 Å². The Morgan fingerprint density at radius 1 is 1.33 bits per heavy atom. The quantitative estimate of drug-likeness (QED) is 0.736. The van der Waals surface area contributed by atoms with Gasteiger partial charge in [0.05, 0.1) is 36.9 Å². The van der Waals surface area contributed by atoms with Crippen molar-refractivity contribution in [3.63, 3.8) is 0 Å². The van der Waals surface area contributed by atoms with Crippen LogP contribution in [-0.4, -0.2) is 60.1 Å². The fraction of sp³-hybridized carbons (Fsp3) is 0.846. The summed E-state index contributed by atoms with van der Waals surface area (Å²) in [6.45, 7) is 3.76. The minimum Gasteiger partial charge on any atom is -0.334 e. The molecule has 2 aliphatic heterocycles. The molecular formula is C13H23N4O2S2+. The van der Waals surface area contributed by atoms with E-state index < -0.39 is 9.84 Å². The molecule has 2 fully saturated rings. The molecule has 3 heterocycles. The van der Waals surface area contributed by atoms with Crippen LogP contribution in [-0.2, 0) is 16.9 Å². The number of aromatic nitrogens is 3. The van der Waals surface area contributed by atoms with E-state index in [9.17, 15) is 8.42 Å². The van der Waals surface area contributed by atoms with Crippen molar-refractivity contribution in [1.82, 2.24) is 14.8 Å². The van der Waals surface area contributed by atoms with Gasteiger partial charge >= 0.3 is 0 Å². The second-order valence-corrected chi connectivity index (χ2v) is 9.35. The molecule has 0 spiro atoms. The minimum atomic E-state index is -2.87. The van der Waals surface area contributed by atoms with Crippen molar-refractivity contribution in [1.29, 1.82) is 0 Å². The first-order chi connectivity index (χ1) is 10.1. The second-order valence-electron chi connectivity index (χ2n) is 6.06. The van der Waals surface area contributed by atoms with Gasteiger partial charge in [-0.15, -0.1) is 10.2 Å². The van der Waals surface area contributed by atoms with Gasteiger partial charge in [-0.25, -0.2) is 8.42 Å². The van der Waals surface area contributed by atoms with Gasteiger partial charge < -0.3 is 9.47 Å². The van der Waals surface area contributed by atoms with E-state index in [1.165, 1.54) is 32.5 Å². The molecule has 1 aromatic heterocycles. The summed E-state index contributed by atoms with van der Waals surface area (Å²) in [5, 5.41) is 9.39. The Bertz CT molecular complexity index is 593. The third kappa shape index (κ3) is 3.60. The number of nitrogens with one attached hydrogen (secondary N) is 1. The lowest BCUT2D eigenvalue weighted by Crippen LogP contribution is -3.10. The number of thioether (sulfide) groups is 1. The Kier molecular flexibility index (Phi) is 4.56. The Morgan fingerprint density at radius 3 is 2.76 bits per heavy atom. The van der Waals surface area contributed by atoms with Crippen LogP contribution in [0.25, 0.3) is 0 Å². The highest BCUT2D eigenvalue weighted by Crippen LogP contribution is 2.29. The maximum Gasteiger partial charge on any atom is 0.191 e. The first-order valence-electron chi connectivity index (χ1n) is 7.61. The average Bonchev–Trinajstić information content (AvgIpc) is 3.12. The average molecular weight is 331 g/mol. The van der Waals surface area contributed by atoms with E-state index in [0.29, 0.717) is 6.42 Å². The summed E-state index contributed by atoms with van der Waals surface area (Å²) in [4.78, 5) is 1.69. The van der Waals surface area contributed by atoms with E-state index in [1.54, 1.807) is 16.7 Å². The lowest BCUT2D eigenvalue weighted by atomic mass is 10.1. The number of quaternary nitrogens is 1. The van der Waals surface area contributed by atoms with Crippen molar-refractivity contribution in [3.8, 4) is 0 Å². The molecule has 3 rings (SSSR count). The Balaban J connectivity index is 1.57. The first kappa shape index (κ1) is 15.3. The van der Waals surface area contributed by atoms with E-state index in [2.05, 4.69) is 10.2 Å². The predicted molar refractivity (Wildman–Crippen MR) is 82.5 cm³/mol. The molecule has 6 nitrogen and oxygen atoms in total. The van der Waals surface area contributed by atoms with Gasteiger partial charge in [-0.1, -0.05) is 11.8 Å². The highest BCUT2D eigenvalue weighted by molar-refractivity contribution is 7.99. The number of likely N-dealkylation sites (tertiary alicyclic amines) is 1. The van der Waals surface area contributed by atoms with Gasteiger partial charge in [0, 0.05) is 25.8 Å². The van der Waals surface area contributed by atoms with Gasteiger partial charge in [-0.3, -0.25) is 0 Å². The van der Waals surface area contributed by atoms with E-state index in [-0.39, 0.29) is 17.4 Å². The standard InChI is InChI=1S/C13H22N4O2S2/c1-16-12(11-4-9-21(18,19)10-11)14-15-13(16)20-8-7-17-5-2-3-6-17/h11H,2-10H2,1H3/p+1/t11-/m1/s1. The van der Waals surface area contributed by atoms with Crippen LogP contribution in [0.3, 0.4) is 0 Å². The molecule has 0 amide bonds. The van der Waals surface area contributed by atoms with Gasteiger partial charge in [0.2, 0.25) is 0 Å². The summed E-state index contributed by atoms with van der Waals surface area (Å²) < 4.78 is 25.2. The lowest BCUT2D eigenvalue weighted by Gasteiger charge is -2.11. The molecule has 1 aromatic rings. The minimum absolute atomic E-state index is 0.0195. The van der Waals surface area contributed by atoms with Crippen LogP contribution in [0.1, 0.15) is 31.0 Å². The second kappa shape index (κ2) is 6.26. The molecule has 118 valence electrons. The summed E-state index contributed by atoms with van der Waals surface area (Å²) in [7, 11) is -0.921. The fourth-order valence-electron chi connectivity index (χ4n) is 3.22. The van der Waals surface area contributed by atoms with Gasteiger partial charge in [-0.2, -0.15) is 0 Å². The third-order valence-corrected chi connectivity index (χ3v) is 7.25. The molecule has 8 heteroatoms. The maximum absolute atomic E-state index is 11.6. The summed E-state index contributed by atoms with van der Waals surface area (Å²) in [5.74, 6) is 2.40. The predicted octanol–water partition coefficient (Wildman–Crippen LogP) is -0.512. The van der Waals surface area contributed by atoms with Crippen molar-refractivity contribution in [2.24, 2.45) is 7.05 Å². The molecule has 0 radical (unpaired) electrons. The van der Waals surface area contributed by atoms with Gasteiger partial charge in [0.1, 0.15) is 5.82 Å². The number of hydrogen-bond acceptors (Lipinski definition) is 5. The number of hydrogen-bond donors (Lipinski definition) is 1. The summed E-state index contributed by atoms with van der Waals surface area (Å²) in [6.07, 6.45) is 3.38. The number of sulfone groups is 1. The molecular weight excluding hydrogens is 308 g/mol. The summed E-state index contributed by atoms with van der Waals surface area (Å²) in [6, 6.07) is 0. The fourth-order valence-corrected chi connectivity index (χ4v) is 5.92. The van der Waals surface area contributed by atoms with Crippen LogP contribution >= 0.6 is 11.8 Å². The maximum atomic E-state index is 11.6. The molecule has 1 atom stereocenters. The molecule has 21 heavy (non-hydrogen) atoms. The lowest BCUT2D eigenvalue weighted by molar-refractivity contribution is -0.884. The highest BCUT2D eigenvalue weighted by Gasteiger charge is 2.32. The van der Waals surface area contributed by atoms with Crippen molar-refractivity contribution in [2.45, 2.75) is 30.3 Å². The van der Waals surface area contributed by atoms with Crippen LogP contribution in [0.2, 0.25) is 0 Å². The summed E-state index contributed by atoms with van der Waals surface area (Å²) >= 11 is 1.73. The SMILES string of the molecule is Cn1c(SCC[NH+]2CCCC2)nnc1[C@@H]1CCS(=O)(=O)C1. The van der Waals surface area contributed by atoms with E-state index in [0.717, 1.165) is 16.7 Å². The Labute approximate surface area is 130 Å². The zero-order chi connectivity index (χ0) is 14.9. The smallest absolute Gasteiger partial charge is 0.191 e. The molecule has 0 bridgehead atoms. The third-order valence-electron chi connectivity index (χ3n) is 4.46. The Hall–Kier alpha value is -0.600. The zero-order valence-electron chi connectivity index (χ0n) is 12.4. The van der Waals surface area contributed by atoms with Gasteiger partial charge in [0.25, 0.3) is 0 Å². The highest BCUT2D eigenvalue weighted by atomic mass is 32.2. The molecule has 0 saturated carbocycles.